The number of piperazine rings is 1. The molecule has 2 saturated heterocycles. The maximum atomic E-state index is 5.54. The largest absolute Gasteiger partial charge is 0.495 e. The average molecular weight is 373 g/mol. The second-order valence-electron chi connectivity index (χ2n) is 7.24. The summed E-state index contributed by atoms with van der Waals surface area (Å²) < 4.78 is 5.54. The van der Waals surface area contributed by atoms with Gasteiger partial charge in [-0.3, -0.25) is 4.90 Å². The Bertz CT molecular complexity index is 728. The highest BCUT2D eigenvalue weighted by Crippen LogP contribution is 2.31. The number of aromatic nitrogens is 1. The monoisotopic (exact) mass is 372 g/mol. The van der Waals surface area contributed by atoms with Crippen LogP contribution in [0.4, 0.5) is 10.8 Å². The van der Waals surface area contributed by atoms with Crippen LogP contribution in [0.25, 0.3) is 0 Å². The molecule has 3 heterocycles. The third-order valence-electron chi connectivity index (χ3n) is 5.47. The van der Waals surface area contributed by atoms with Gasteiger partial charge in [0.15, 0.2) is 5.13 Å². The maximum absolute atomic E-state index is 5.54. The van der Waals surface area contributed by atoms with Crippen LogP contribution in [0.5, 0.6) is 5.75 Å². The number of hydrogen-bond acceptors (Lipinski definition) is 6. The van der Waals surface area contributed by atoms with Crippen molar-refractivity contribution in [2.24, 2.45) is 0 Å². The van der Waals surface area contributed by atoms with Crippen molar-refractivity contribution in [2.45, 2.75) is 32.4 Å². The van der Waals surface area contributed by atoms with Crippen LogP contribution in [0.1, 0.15) is 24.6 Å². The third kappa shape index (κ3) is 3.67. The highest BCUT2D eigenvalue weighted by molar-refractivity contribution is 7.15. The van der Waals surface area contributed by atoms with Crippen LogP contribution in [0.15, 0.2) is 30.5 Å². The van der Waals surface area contributed by atoms with Gasteiger partial charge in [-0.25, -0.2) is 4.98 Å². The maximum Gasteiger partial charge on any atom is 0.185 e. The van der Waals surface area contributed by atoms with E-state index in [1.807, 2.05) is 23.5 Å². The van der Waals surface area contributed by atoms with Crippen LogP contribution in [0, 0.1) is 0 Å². The summed E-state index contributed by atoms with van der Waals surface area (Å²) >= 11 is 1.87. The van der Waals surface area contributed by atoms with E-state index in [0.29, 0.717) is 6.04 Å². The minimum atomic E-state index is 0.506. The fourth-order valence-corrected chi connectivity index (χ4v) is 4.95. The predicted molar refractivity (Wildman–Crippen MR) is 109 cm³/mol. The number of rotatable bonds is 5. The summed E-state index contributed by atoms with van der Waals surface area (Å²) in [5.41, 5.74) is 1.20. The van der Waals surface area contributed by atoms with E-state index in [2.05, 4.69) is 44.9 Å². The smallest absolute Gasteiger partial charge is 0.185 e. The molecule has 1 unspecified atom stereocenters. The number of anilines is 2. The number of benzene rings is 1. The van der Waals surface area contributed by atoms with E-state index in [4.69, 9.17) is 4.74 Å². The van der Waals surface area contributed by atoms with Crippen LogP contribution < -0.4 is 14.5 Å². The van der Waals surface area contributed by atoms with Crippen molar-refractivity contribution in [3.05, 3.63) is 35.3 Å². The van der Waals surface area contributed by atoms with Crippen LogP contribution in [-0.4, -0.2) is 55.8 Å². The molecule has 0 spiro atoms. The molecular weight excluding hydrogens is 344 g/mol. The van der Waals surface area contributed by atoms with Gasteiger partial charge in [0.2, 0.25) is 0 Å². The molecule has 26 heavy (non-hydrogen) atoms. The molecule has 1 aromatic carbocycles. The minimum Gasteiger partial charge on any atom is -0.495 e. The van der Waals surface area contributed by atoms with Crippen LogP contribution in [-0.2, 0) is 6.54 Å². The van der Waals surface area contributed by atoms with Gasteiger partial charge in [-0.1, -0.05) is 12.1 Å². The van der Waals surface area contributed by atoms with Gasteiger partial charge in [0.1, 0.15) is 5.75 Å². The van der Waals surface area contributed by atoms with E-state index in [1.165, 1.54) is 41.6 Å². The van der Waals surface area contributed by atoms with Gasteiger partial charge in [0.05, 0.1) is 12.8 Å². The number of ether oxygens (including phenoxy) is 1. The minimum absolute atomic E-state index is 0.506. The van der Waals surface area contributed by atoms with Crippen molar-refractivity contribution in [1.82, 2.24) is 9.88 Å². The lowest BCUT2D eigenvalue weighted by atomic mass is 10.1. The van der Waals surface area contributed by atoms with Gasteiger partial charge in [0.25, 0.3) is 0 Å². The molecule has 6 heteroatoms. The molecule has 1 aromatic heterocycles. The Labute approximate surface area is 160 Å². The molecular formula is C20H28N4OS. The molecule has 0 aliphatic carbocycles. The fraction of sp³-hybridized carbons (Fsp3) is 0.550. The summed E-state index contributed by atoms with van der Waals surface area (Å²) in [5.74, 6) is 0.964. The normalized spacial score (nSPS) is 21.4. The quantitative estimate of drug-likeness (QED) is 0.802. The van der Waals surface area contributed by atoms with Crippen molar-refractivity contribution < 1.29 is 4.74 Å². The molecule has 0 saturated carbocycles. The van der Waals surface area contributed by atoms with Gasteiger partial charge >= 0.3 is 0 Å². The van der Waals surface area contributed by atoms with Gasteiger partial charge in [0, 0.05) is 56.4 Å². The highest BCUT2D eigenvalue weighted by Gasteiger charge is 2.26. The number of para-hydroxylation sites is 2. The van der Waals surface area contributed by atoms with Crippen molar-refractivity contribution in [3.8, 4) is 5.75 Å². The number of methoxy groups -OCH3 is 1. The molecule has 2 aliphatic heterocycles. The Hall–Kier alpha value is -1.79. The lowest BCUT2D eigenvalue weighted by Gasteiger charge is -2.41. The van der Waals surface area contributed by atoms with Crippen LogP contribution in [0.3, 0.4) is 0 Å². The Morgan fingerprint density at radius 3 is 2.69 bits per heavy atom. The number of hydrogen-bond donors (Lipinski definition) is 0. The molecule has 0 bridgehead atoms. The molecule has 0 amide bonds. The van der Waals surface area contributed by atoms with Gasteiger partial charge in [-0.2, -0.15) is 0 Å². The molecule has 1 atom stereocenters. The Balaban J connectivity index is 1.38. The zero-order valence-electron chi connectivity index (χ0n) is 15.7. The van der Waals surface area contributed by atoms with E-state index < -0.39 is 0 Å². The van der Waals surface area contributed by atoms with Gasteiger partial charge in [-0.05, 0) is 31.9 Å². The molecule has 140 valence electrons. The summed E-state index contributed by atoms with van der Waals surface area (Å²) in [5, 5.41) is 1.21. The van der Waals surface area contributed by atoms with Gasteiger partial charge in [-0.15, -0.1) is 11.3 Å². The van der Waals surface area contributed by atoms with Crippen molar-refractivity contribution in [2.75, 3.05) is 49.6 Å². The first kappa shape index (κ1) is 17.6. The molecule has 2 aromatic rings. The fourth-order valence-electron chi connectivity index (χ4n) is 3.97. The SMILES string of the molecule is COc1ccccc1N1CCN(Cc2cnc(N3CCCC3)s2)C(C)C1. The molecule has 2 aliphatic rings. The molecule has 4 rings (SSSR count). The molecule has 0 N–H and O–H groups in total. The van der Waals surface area contributed by atoms with E-state index >= 15 is 0 Å². The highest BCUT2D eigenvalue weighted by atomic mass is 32.1. The predicted octanol–water partition coefficient (Wildman–Crippen LogP) is 3.46. The van der Waals surface area contributed by atoms with E-state index in [9.17, 15) is 0 Å². The molecule has 5 nitrogen and oxygen atoms in total. The average Bonchev–Trinajstić information content (AvgIpc) is 3.35. The first-order valence-electron chi connectivity index (χ1n) is 9.56. The molecule has 2 fully saturated rings. The topological polar surface area (TPSA) is 31.8 Å². The third-order valence-corrected chi connectivity index (χ3v) is 6.51. The van der Waals surface area contributed by atoms with Crippen molar-refractivity contribution in [1.29, 1.82) is 0 Å². The zero-order chi connectivity index (χ0) is 17.9. The Morgan fingerprint density at radius 2 is 1.92 bits per heavy atom. The standard InChI is InChI=1S/C20H28N4OS/c1-16-14-24(18-7-3-4-8-19(18)25-2)12-11-23(16)15-17-13-21-20(26-17)22-9-5-6-10-22/h3-4,7-8,13,16H,5-6,9-12,14-15H2,1-2H3. The lowest BCUT2D eigenvalue weighted by Crippen LogP contribution is -2.51. The summed E-state index contributed by atoms with van der Waals surface area (Å²) in [6, 6.07) is 8.83. The summed E-state index contributed by atoms with van der Waals surface area (Å²) in [7, 11) is 1.75. The zero-order valence-corrected chi connectivity index (χ0v) is 16.5. The second kappa shape index (κ2) is 7.84. The van der Waals surface area contributed by atoms with Crippen LogP contribution >= 0.6 is 11.3 Å². The summed E-state index contributed by atoms with van der Waals surface area (Å²) in [4.78, 5) is 13.5. The first-order chi connectivity index (χ1) is 12.7. The van der Waals surface area contributed by atoms with E-state index in [1.54, 1.807) is 7.11 Å². The van der Waals surface area contributed by atoms with E-state index in [0.717, 1.165) is 31.9 Å². The first-order valence-corrected chi connectivity index (χ1v) is 10.4. The Morgan fingerprint density at radius 1 is 1.12 bits per heavy atom. The van der Waals surface area contributed by atoms with Gasteiger partial charge < -0.3 is 14.5 Å². The Kier molecular flexibility index (Phi) is 5.31. The summed E-state index contributed by atoms with van der Waals surface area (Å²) in [6.07, 6.45) is 4.69. The number of thiazole rings is 1. The van der Waals surface area contributed by atoms with Crippen molar-refractivity contribution in [3.63, 3.8) is 0 Å². The van der Waals surface area contributed by atoms with Crippen molar-refractivity contribution >= 4 is 22.2 Å². The lowest BCUT2D eigenvalue weighted by molar-refractivity contribution is 0.182. The van der Waals surface area contributed by atoms with Crippen LogP contribution in [0.2, 0.25) is 0 Å². The second-order valence-corrected chi connectivity index (χ2v) is 8.33. The summed E-state index contributed by atoms with van der Waals surface area (Å²) in [6.45, 7) is 8.79. The number of nitrogens with zero attached hydrogens (tertiary/aromatic N) is 4. The van der Waals surface area contributed by atoms with E-state index in [-0.39, 0.29) is 0 Å². The molecule has 0 radical (unpaired) electrons.